The van der Waals surface area contributed by atoms with Crippen molar-refractivity contribution < 1.29 is 24.2 Å². The average Bonchev–Trinajstić information content (AvgIpc) is 2.93. The highest BCUT2D eigenvalue weighted by atomic mass is 16.5. The maximum absolute atomic E-state index is 12.5. The molecule has 7 nitrogen and oxygen atoms in total. The number of hydrogen-bond donors (Lipinski definition) is 2. The monoisotopic (exact) mass is 312 g/mol. The van der Waals surface area contributed by atoms with Gasteiger partial charge in [0.1, 0.15) is 12.1 Å². The van der Waals surface area contributed by atoms with Gasteiger partial charge < -0.3 is 20.1 Å². The van der Waals surface area contributed by atoms with Gasteiger partial charge in [-0.1, -0.05) is 26.0 Å². The van der Waals surface area contributed by atoms with Gasteiger partial charge in [-0.3, -0.25) is 4.79 Å². The molecule has 2 rings (SSSR count). The number of alkyl carbamates (subject to hydrolysis) is 1. The third kappa shape index (κ3) is 3.99. The number of rotatable bonds is 2. The van der Waals surface area contributed by atoms with Crippen molar-refractivity contribution in [3.8, 4) is 0 Å². The van der Waals surface area contributed by atoms with Crippen molar-refractivity contribution in [3.63, 3.8) is 0 Å². The molecule has 2 heterocycles. The Balaban J connectivity index is 0.00000116. The third-order valence-electron chi connectivity index (χ3n) is 3.76. The first-order valence-corrected chi connectivity index (χ1v) is 7.59. The third-order valence-corrected chi connectivity index (χ3v) is 3.76. The van der Waals surface area contributed by atoms with Crippen LogP contribution in [-0.4, -0.2) is 53.2 Å². The Hall–Kier alpha value is -2.05. The van der Waals surface area contributed by atoms with E-state index < -0.39 is 24.1 Å². The number of hydrogen-bond acceptors (Lipinski definition) is 4. The van der Waals surface area contributed by atoms with Crippen molar-refractivity contribution in [1.82, 2.24) is 10.2 Å². The number of fused-ring (bicyclic) bond motifs is 1. The van der Waals surface area contributed by atoms with Gasteiger partial charge in [0.2, 0.25) is 5.91 Å². The number of carboxylic acids is 1. The van der Waals surface area contributed by atoms with Crippen LogP contribution in [0.5, 0.6) is 0 Å². The summed E-state index contributed by atoms with van der Waals surface area (Å²) in [6.07, 6.45) is 5.18. The predicted molar refractivity (Wildman–Crippen MR) is 80.3 cm³/mol. The number of carbonyl (C=O) groups is 3. The molecule has 3 atom stereocenters. The Kier molecular flexibility index (Phi) is 6.88. The van der Waals surface area contributed by atoms with Crippen LogP contribution >= 0.6 is 0 Å². The number of methoxy groups -OCH3 is 1. The van der Waals surface area contributed by atoms with Crippen LogP contribution in [0.1, 0.15) is 39.5 Å². The normalized spacial score (nSPS) is 28.4. The summed E-state index contributed by atoms with van der Waals surface area (Å²) in [7, 11) is 1.22. The molecule has 7 heteroatoms. The topological polar surface area (TPSA) is 95.9 Å². The summed E-state index contributed by atoms with van der Waals surface area (Å²) in [6, 6.07) is -1.69. The van der Waals surface area contributed by atoms with Gasteiger partial charge in [0, 0.05) is 6.04 Å². The second-order valence-corrected chi connectivity index (χ2v) is 4.96. The molecule has 0 saturated carbocycles. The lowest BCUT2D eigenvalue weighted by molar-refractivity contribution is -0.150. The quantitative estimate of drug-likeness (QED) is 0.754. The molecule has 0 aromatic heterocycles. The van der Waals surface area contributed by atoms with Gasteiger partial charge in [-0.25, -0.2) is 9.59 Å². The molecule has 0 spiro atoms. The smallest absolute Gasteiger partial charge is 0.407 e. The second kappa shape index (κ2) is 8.41. The van der Waals surface area contributed by atoms with Crippen LogP contribution in [0.4, 0.5) is 4.79 Å². The summed E-state index contributed by atoms with van der Waals surface area (Å²) in [5, 5.41) is 11.7. The Morgan fingerprint density at radius 3 is 2.50 bits per heavy atom. The summed E-state index contributed by atoms with van der Waals surface area (Å²) in [6.45, 7) is 4.00. The highest BCUT2D eigenvalue weighted by Crippen LogP contribution is 2.29. The van der Waals surface area contributed by atoms with Gasteiger partial charge >= 0.3 is 12.1 Å². The van der Waals surface area contributed by atoms with E-state index in [1.807, 2.05) is 26.0 Å². The molecule has 2 aliphatic heterocycles. The Morgan fingerprint density at radius 1 is 1.27 bits per heavy atom. The molecule has 2 aliphatic rings. The van der Waals surface area contributed by atoms with Crippen molar-refractivity contribution in [2.24, 2.45) is 0 Å². The summed E-state index contributed by atoms with van der Waals surface area (Å²) in [5.41, 5.74) is 0. The minimum Gasteiger partial charge on any atom is -0.480 e. The van der Waals surface area contributed by atoms with Crippen LogP contribution in [0.3, 0.4) is 0 Å². The fraction of sp³-hybridized carbons (Fsp3) is 0.667. The van der Waals surface area contributed by atoms with Crippen molar-refractivity contribution in [2.75, 3.05) is 7.11 Å². The zero-order valence-corrected chi connectivity index (χ0v) is 13.2. The van der Waals surface area contributed by atoms with Gasteiger partial charge in [-0.2, -0.15) is 0 Å². The Bertz CT molecular complexity index is 449. The summed E-state index contributed by atoms with van der Waals surface area (Å²) in [5.74, 6) is -1.35. The summed E-state index contributed by atoms with van der Waals surface area (Å²) < 4.78 is 4.50. The zero-order chi connectivity index (χ0) is 16.7. The first-order chi connectivity index (χ1) is 10.5. The molecule has 0 aromatic rings. The Labute approximate surface area is 130 Å². The minimum absolute atomic E-state index is 0.109. The molecule has 0 aliphatic carbocycles. The molecule has 2 amide bonds. The lowest BCUT2D eigenvalue weighted by Crippen LogP contribution is -2.54. The molecule has 1 saturated heterocycles. The maximum atomic E-state index is 12.5. The van der Waals surface area contributed by atoms with E-state index in [1.165, 1.54) is 12.0 Å². The van der Waals surface area contributed by atoms with E-state index in [0.29, 0.717) is 25.7 Å². The SMILES string of the molecule is CC.COC(=O)N[C@H]1C/C=C\C[C@H]2CC[C@@H](C(=O)O)N2C1=O. The van der Waals surface area contributed by atoms with E-state index in [0.717, 1.165) is 0 Å². The highest BCUT2D eigenvalue weighted by molar-refractivity contribution is 5.90. The van der Waals surface area contributed by atoms with Crippen LogP contribution in [-0.2, 0) is 14.3 Å². The second-order valence-electron chi connectivity index (χ2n) is 4.96. The first-order valence-electron chi connectivity index (χ1n) is 7.59. The van der Waals surface area contributed by atoms with Crippen molar-refractivity contribution in [3.05, 3.63) is 12.2 Å². The molecule has 124 valence electrons. The van der Waals surface area contributed by atoms with Gasteiger partial charge in [-0.05, 0) is 25.7 Å². The van der Waals surface area contributed by atoms with Crippen LogP contribution in [0.2, 0.25) is 0 Å². The lowest BCUT2D eigenvalue weighted by Gasteiger charge is -2.32. The van der Waals surface area contributed by atoms with Gasteiger partial charge in [0.25, 0.3) is 0 Å². The maximum Gasteiger partial charge on any atom is 0.407 e. The van der Waals surface area contributed by atoms with E-state index in [4.69, 9.17) is 0 Å². The van der Waals surface area contributed by atoms with E-state index in [1.54, 1.807) is 0 Å². The van der Waals surface area contributed by atoms with Gasteiger partial charge in [0.05, 0.1) is 7.11 Å². The average molecular weight is 312 g/mol. The van der Waals surface area contributed by atoms with Crippen LogP contribution in [0.25, 0.3) is 0 Å². The minimum atomic E-state index is -0.998. The number of aliphatic carboxylic acids is 1. The zero-order valence-electron chi connectivity index (χ0n) is 13.2. The van der Waals surface area contributed by atoms with Gasteiger partial charge in [-0.15, -0.1) is 0 Å². The van der Waals surface area contributed by atoms with Crippen LogP contribution < -0.4 is 5.32 Å². The summed E-state index contributed by atoms with van der Waals surface area (Å²) in [4.78, 5) is 36.5. The molecule has 0 unspecified atom stereocenters. The fourth-order valence-corrected chi connectivity index (χ4v) is 2.78. The molecular formula is C15H24N2O5. The number of amides is 2. The highest BCUT2D eigenvalue weighted by Gasteiger charge is 2.43. The molecular weight excluding hydrogens is 288 g/mol. The lowest BCUT2D eigenvalue weighted by atomic mass is 10.0. The number of ether oxygens (including phenoxy) is 1. The van der Waals surface area contributed by atoms with E-state index in [2.05, 4.69) is 10.1 Å². The van der Waals surface area contributed by atoms with E-state index >= 15 is 0 Å². The molecule has 22 heavy (non-hydrogen) atoms. The van der Waals surface area contributed by atoms with E-state index in [-0.39, 0.29) is 11.9 Å². The van der Waals surface area contributed by atoms with Crippen molar-refractivity contribution >= 4 is 18.0 Å². The standard InChI is InChI=1S/C13H18N2O5.C2H6/c1-20-13(19)14-9-5-3-2-4-8-6-7-10(12(17)18)15(8)11(9)16;1-2/h2-3,8-10H,4-7H2,1H3,(H,14,19)(H,17,18);1-2H3/b3-2-;/t8-,9-,10-;/m0./s1. The number of carboxylic acid groups (broad SMARTS) is 1. The Morgan fingerprint density at radius 2 is 1.91 bits per heavy atom. The number of nitrogens with zero attached hydrogens (tertiary/aromatic N) is 1. The molecule has 2 N–H and O–H groups in total. The molecule has 0 radical (unpaired) electrons. The van der Waals surface area contributed by atoms with Crippen molar-refractivity contribution in [2.45, 2.75) is 57.7 Å². The van der Waals surface area contributed by atoms with Crippen LogP contribution in [0, 0.1) is 0 Å². The number of nitrogens with one attached hydrogen (secondary N) is 1. The fourth-order valence-electron chi connectivity index (χ4n) is 2.78. The molecule has 0 bridgehead atoms. The number of carbonyl (C=O) groups excluding carboxylic acids is 2. The first kappa shape index (κ1) is 18.0. The molecule has 0 aromatic carbocycles. The predicted octanol–water partition coefficient (Wildman–Crippen LogP) is 1.53. The largest absolute Gasteiger partial charge is 0.480 e. The van der Waals surface area contributed by atoms with Crippen molar-refractivity contribution in [1.29, 1.82) is 0 Å². The van der Waals surface area contributed by atoms with Gasteiger partial charge in [0.15, 0.2) is 0 Å². The molecule has 1 fully saturated rings. The van der Waals surface area contributed by atoms with Crippen LogP contribution in [0.15, 0.2) is 12.2 Å². The van der Waals surface area contributed by atoms with E-state index in [9.17, 15) is 19.5 Å². The summed E-state index contributed by atoms with van der Waals surface area (Å²) >= 11 is 0.